The van der Waals surface area contributed by atoms with Crippen LogP contribution in [0.25, 0.3) is 0 Å². The van der Waals surface area contributed by atoms with Crippen molar-refractivity contribution in [3.05, 3.63) is 18.2 Å². The van der Waals surface area contributed by atoms with Crippen molar-refractivity contribution in [2.45, 2.75) is 50.1 Å². The van der Waals surface area contributed by atoms with Gasteiger partial charge in [0.1, 0.15) is 5.75 Å². The highest BCUT2D eigenvalue weighted by atomic mass is 32.2. The fourth-order valence-electron chi connectivity index (χ4n) is 3.41. The molecule has 2 aliphatic heterocycles. The van der Waals surface area contributed by atoms with Gasteiger partial charge in [0.25, 0.3) is 5.91 Å². The Morgan fingerprint density at radius 2 is 1.83 bits per heavy atom. The maximum Gasteiger partial charge on any atom is 0.264 e. The van der Waals surface area contributed by atoms with E-state index in [1.807, 2.05) is 13.8 Å². The van der Waals surface area contributed by atoms with E-state index in [4.69, 9.17) is 4.74 Å². The van der Waals surface area contributed by atoms with Gasteiger partial charge in [-0.3, -0.25) is 4.79 Å². The summed E-state index contributed by atoms with van der Waals surface area (Å²) in [5.41, 5.74) is 0.500. The Balaban J connectivity index is 2.02. The summed E-state index contributed by atoms with van der Waals surface area (Å²) in [5.74, 6) is 0.345. The van der Waals surface area contributed by atoms with Crippen LogP contribution < -0.4 is 9.64 Å². The lowest BCUT2D eigenvalue weighted by Gasteiger charge is -2.38. The van der Waals surface area contributed by atoms with Crippen molar-refractivity contribution in [1.82, 2.24) is 4.31 Å². The lowest BCUT2D eigenvalue weighted by Crippen LogP contribution is -2.47. The van der Waals surface area contributed by atoms with Crippen molar-refractivity contribution in [2.75, 3.05) is 18.6 Å². The van der Waals surface area contributed by atoms with Gasteiger partial charge in [-0.1, -0.05) is 6.42 Å². The fraction of sp³-hybridized carbons (Fsp3) is 0.562. The predicted molar refractivity (Wildman–Crippen MR) is 87.1 cm³/mol. The first-order valence-electron chi connectivity index (χ1n) is 7.89. The lowest BCUT2D eigenvalue weighted by molar-refractivity contribution is -0.120. The molecule has 7 heteroatoms. The van der Waals surface area contributed by atoms with Gasteiger partial charge < -0.3 is 9.64 Å². The van der Waals surface area contributed by atoms with Gasteiger partial charge in [-0.25, -0.2) is 8.42 Å². The minimum atomic E-state index is -3.59. The van der Waals surface area contributed by atoms with Crippen LogP contribution in [0.5, 0.6) is 5.75 Å². The van der Waals surface area contributed by atoms with Crippen LogP contribution in [0.4, 0.5) is 5.69 Å². The SMILES string of the molecule is C[C@@H]1CCC[C@H](C)N1S(=O)(=O)c1ccc2c(c1)N(C)C(=O)CO2. The van der Waals surface area contributed by atoms with Crippen LogP contribution in [0.1, 0.15) is 33.1 Å². The molecule has 2 atom stereocenters. The highest BCUT2D eigenvalue weighted by molar-refractivity contribution is 7.89. The second kappa shape index (κ2) is 5.79. The van der Waals surface area contributed by atoms with Crippen LogP contribution in [0.3, 0.4) is 0 Å². The number of benzene rings is 1. The van der Waals surface area contributed by atoms with Gasteiger partial charge in [0.2, 0.25) is 10.0 Å². The van der Waals surface area contributed by atoms with Crippen molar-refractivity contribution < 1.29 is 17.9 Å². The second-order valence-corrected chi connectivity index (χ2v) is 8.18. The molecule has 1 aromatic carbocycles. The van der Waals surface area contributed by atoms with E-state index >= 15 is 0 Å². The first kappa shape index (κ1) is 16.3. The summed E-state index contributed by atoms with van der Waals surface area (Å²) in [6.07, 6.45) is 2.79. The van der Waals surface area contributed by atoms with Gasteiger partial charge in [0.05, 0.1) is 10.6 Å². The van der Waals surface area contributed by atoms with E-state index in [-0.39, 0.29) is 29.5 Å². The molecule has 6 nitrogen and oxygen atoms in total. The Morgan fingerprint density at radius 1 is 1.17 bits per heavy atom. The molecular weight excluding hydrogens is 316 g/mol. The molecule has 0 bridgehead atoms. The lowest BCUT2D eigenvalue weighted by atomic mass is 10.0. The third-order valence-electron chi connectivity index (χ3n) is 4.71. The van der Waals surface area contributed by atoms with Gasteiger partial charge >= 0.3 is 0 Å². The summed E-state index contributed by atoms with van der Waals surface area (Å²) in [7, 11) is -1.96. The number of carbonyl (C=O) groups excluding carboxylic acids is 1. The van der Waals surface area contributed by atoms with Crippen LogP contribution in [-0.4, -0.2) is 44.4 Å². The van der Waals surface area contributed by atoms with Gasteiger partial charge in [-0.2, -0.15) is 4.31 Å². The molecule has 1 saturated heterocycles. The number of carbonyl (C=O) groups is 1. The zero-order chi connectivity index (χ0) is 16.8. The summed E-state index contributed by atoms with van der Waals surface area (Å²) < 4.78 is 33.1. The van der Waals surface area contributed by atoms with E-state index < -0.39 is 10.0 Å². The van der Waals surface area contributed by atoms with Gasteiger partial charge in [-0.05, 0) is 44.9 Å². The number of sulfonamides is 1. The quantitative estimate of drug-likeness (QED) is 0.827. The number of nitrogens with zero attached hydrogens (tertiary/aromatic N) is 2. The number of hydrogen-bond donors (Lipinski definition) is 0. The molecule has 0 saturated carbocycles. The highest BCUT2D eigenvalue weighted by Gasteiger charge is 2.36. The van der Waals surface area contributed by atoms with Crippen molar-refractivity contribution in [3.63, 3.8) is 0 Å². The van der Waals surface area contributed by atoms with Crippen molar-refractivity contribution in [2.24, 2.45) is 0 Å². The van der Waals surface area contributed by atoms with E-state index in [1.54, 1.807) is 23.5 Å². The molecule has 0 N–H and O–H groups in total. The molecule has 0 radical (unpaired) electrons. The van der Waals surface area contributed by atoms with Gasteiger partial charge in [0.15, 0.2) is 6.61 Å². The van der Waals surface area contributed by atoms with E-state index in [0.717, 1.165) is 19.3 Å². The van der Waals surface area contributed by atoms with Gasteiger partial charge in [0, 0.05) is 19.1 Å². The van der Waals surface area contributed by atoms with E-state index in [2.05, 4.69) is 0 Å². The second-order valence-electron chi connectivity index (χ2n) is 6.33. The average Bonchev–Trinajstić information content (AvgIpc) is 2.50. The van der Waals surface area contributed by atoms with Crippen molar-refractivity contribution in [1.29, 1.82) is 0 Å². The molecule has 0 aromatic heterocycles. The summed E-state index contributed by atoms with van der Waals surface area (Å²) in [5, 5.41) is 0. The van der Waals surface area contributed by atoms with Crippen LogP contribution in [0.15, 0.2) is 23.1 Å². The smallest absolute Gasteiger partial charge is 0.264 e. The fourth-order valence-corrected chi connectivity index (χ4v) is 5.31. The molecule has 0 spiro atoms. The molecule has 2 heterocycles. The number of amides is 1. The number of fused-ring (bicyclic) bond motifs is 1. The maximum absolute atomic E-state index is 13.1. The zero-order valence-electron chi connectivity index (χ0n) is 13.7. The molecule has 0 unspecified atom stereocenters. The highest BCUT2D eigenvalue weighted by Crippen LogP contribution is 2.36. The molecule has 126 valence electrons. The number of hydrogen-bond acceptors (Lipinski definition) is 4. The molecule has 0 aliphatic carbocycles. The Kier molecular flexibility index (Phi) is 4.10. The first-order chi connectivity index (χ1) is 10.8. The first-order valence-corrected chi connectivity index (χ1v) is 9.33. The third kappa shape index (κ3) is 2.72. The van der Waals surface area contributed by atoms with Crippen LogP contribution in [0.2, 0.25) is 0 Å². The average molecular weight is 338 g/mol. The summed E-state index contributed by atoms with van der Waals surface area (Å²) >= 11 is 0. The Hall–Kier alpha value is -1.60. The molecule has 3 rings (SSSR count). The number of rotatable bonds is 2. The molecule has 1 aromatic rings. The van der Waals surface area contributed by atoms with Crippen molar-refractivity contribution >= 4 is 21.6 Å². The van der Waals surface area contributed by atoms with E-state index in [0.29, 0.717) is 11.4 Å². The molecule has 1 fully saturated rings. The minimum absolute atomic E-state index is 0.0181. The zero-order valence-corrected chi connectivity index (χ0v) is 14.5. The number of anilines is 1. The molecule has 2 aliphatic rings. The molecule has 23 heavy (non-hydrogen) atoms. The van der Waals surface area contributed by atoms with Gasteiger partial charge in [-0.15, -0.1) is 0 Å². The Bertz CT molecular complexity index is 722. The van der Waals surface area contributed by atoms with Crippen molar-refractivity contribution in [3.8, 4) is 5.75 Å². The minimum Gasteiger partial charge on any atom is -0.482 e. The Labute approximate surface area is 137 Å². The molecular formula is C16H22N2O4S. The van der Waals surface area contributed by atoms with E-state index in [9.17, 15) is 13.2 Å². The monoisotopic (exact) mass is 338 g/mol. The summed E-state index contributed by atoms with van der Waals surface area (Å²) in [6.45, 7) is 3.88. The Morgan fingerprint density at radius 3 is 2.48 bits per heavy atom. The number of piperidine rings is 1. The normalized spacial score (nSPS) is 25.9. The third-order valence-corrected chi connectivity index (χ3v) is 6.83. The summed E-state index contributed by atoms with van der Waals surface area (Å²) in [6, 6.07) is 4.69. The van der Waals surface area contributed by atoms with Crippen LogP contribution in [-0.2, 0) is 14.8 Å². The predicted octanol–water partition coefficient (Wildman–Crippen LogP) is 1.99. The maximum atomic E-state index is 13.1. The number of likely N-dealkylation sites (N-methyl/N-ethyl adjacent to an activating group) is 1. The number of ether oxygens (including phenoxy) is 1. The molecule has 1 amide bonds. The largest absolute Gasteiger partial charge is 0.482 e. The van der Waals surface area contributed by atoms with Crippen LogP contribution >= 0.6 is 0 Å². The van der Waals surface area contributed by atoms with Crippen LogP contribution in [0, 0.1) is 0 Å². The topological polar surface area (TPSA) is 66.9 Å². The standard InChI is InChI=1S/C16H22N2O4S/c1-11-5-4-6-12(2)18(11)23(20,21)13-7-8-15-14(9-13)17(3)16(19)10-22-15/h7-9,11-12H,4-6,10H2,1-3H3/t11-,12+. The van der Waals surface area contributed by atoms with E-state index in [1.165, 1.54) is 11.0 Å². The summed E-state index contributed by atoms with van der Waals surface area (Å²) in [4.78, 5) is 13.4.